The molecule has 2 rings (SSSR count). The number of nitrogens with zero attached hydrogens (tertiary/aromatic N) is 2. The van der Waals surface area contributed by atoms with Crippen LogP contribution in [0.15, 0.2) is 29.6 Å². The Hall–Kier alpha value is -1.39. The predicted molar refractivity (Wildman–Crippen MR) is 77.9 cm³/mol. The van der Waals surface area contributed by atoms with Crippen molar-refractivity contribution < 1.29 is 0 Å². The Kier molecular flexibility index (Phi) is 4.33. The maximum Gasteiger partial charge on any atom is 0.185 e. The SMILES string of the molecule is CCN(Cc1ccccc1CN)c1nc(C)cs1. The maximum absolute atomic E-state index is 5.78. The first-order valence-electron chi connectivity index (χ1n) is 6.18. The number of anilines is 1. The van der Waals surface area contributed by atoms with E-state index < -0.39 is 0 Å². The molecule has 96 valence electrons. The van der Waals surface area contributed by atoms with Crippen molar-refractivity contribution in [3.63, 3.8) is 0 Å². The smallest absolute Gasteiger partial charge is 0.185 e. The molecular weight excluding hydrogens is 242 g/mol. The van der Waals surface area contributed by atoms with Gasteiger partial charge >= 0.3 is 0 Å². The molecule has 0 fully saturated rings. The fraction of sp³-hybridized carbons (Fsp3) is 0.357. The van der Waals surface area contributed by atoms with Gasteiger partial charge in [-0.25, -0.2) is 4.98 Å². The van der Waals surface area contributed by atoms with Crippen molar-refractivity contribution in [3.8, 4) is 0 Å². The van der Waals surface area contributed by atoms with E-state index >= 15 is 0 Å². The first-order chi connectivity index (χ1) is 8.74. The molecule has 18 heavy (non-hydrogen) atoms. The highest BCUT2D eigenvalue weighted by Gasteiger charge is 2.10. The number of benzene rings is 1. The second kappa shape index (κ2) is 5.98. The highest BCUT2D eigenvalue weighted by Crippen LogP contribution is 2.22. The van der Waals surface area contributed by atoms with E-state index in [2.05, 4.69) is 40.4 Å². The van der Waals surface area contributed by atoms with Gasteiger partial charge in [0.2, 0.25) is 0 Å². The predicted octanol–water partition coefficient (Wildman–Crippen LogP) is 2.94. The summed E-state index contributed by atoms with van der Waals surface area (Å²) in [5, 5.41) is 3.18. The van der Waals surface area contributed by atoms with Crippen molar-refractivity contribution in [2.45, 2.75) is 26.9 Å². The van der Waals surface area contributed by atoms with Gasteiger partial charge < -0.3 is 10.6 Å². The van der Waals surface area contributed by atoms with Gasteiger partial charge in [0.05, 0.1) is 5.69 Å². The number of rotatable bonds is 5. The van der Waals surface area contributed by atoms with Crippen LogP contribution in [0.25, 0.3) is 0 Å². The summed E-state index contributed by atoms with van der Waals surface area (Å²) in [6.45, 7) is 6.59. The third kappa shape index (κ3) is 2.89. The second-order valence-electron chi connectivity index (χ2n) is 4.26. The summed E-state index contributed by atoms with van der Waals surface area (Å²) in [7, 11) is 0. The first kappa shape index (κ1) is 13.1. The quantitative estimate of drug-likeness (QED) is 0.900. The van der Waals surface area contributed by atoms with Crippen molar-refractivity contribution in [1.82, 2.24) is 4.98 Å². The standard InChI is InChI=1S/C14H19N3S/c1-3-17(14-16-11(2)10-18-14)9-13-7-5-4-6-12(13)8-15/h4-7,10H,3,8-9,15H2,1-2H3. The van der Waals surface area contributed by atoms with Gasteiger partial charge in [-0.2, -0.15) is 0 Å². The van der Waals surface area contributed by atoms with E-state index in [0.717, 1.165) is 23.9 Å². The summed E-state index contributed by atoms with van der Waals surface area (Å²) >= 11 is 1.70. The molecule has 0 aliphatic carbocycles. The fourth-order valence-electron chi connectivity index (χ4n) is 1.92. The molecule has 3 nitrogen and oxygen atoms in total. The van der Waals surface area contributed by atoms with Gasteiger partial charge in [-0.1, -0.05) is 24.3 Å². The minimum Gasteiger partial charge on any atom is -0.344 e. The van der Waals surface area contributed by atoms with Gasteiger partial charge in [0.1, 0.15) is 0 Å². The number of nitrogens with two attached hydrogens (primary N) is 1. The van der Waals surface area contributed by atoms with Crippen LogP contribution in [0.4, 0.5) is 5.13 Å². The van der Waals surface area contributed by atoms with Crippen LogP contribution in [0.5, 0.6) is 0 Å². The molecule has 0 aliphatic rings. The lowest BCUT2D eigenvalue weighted by atomic mass is 10.1. The molecule has 1 heterocycles. The molecule has 0 spiro atoms. The van der Waals surface area contributed by atoms with Gasteiger partial charge in [-0.3, -0.25) is 0 Å². The van der Waals surface area contributed by atoms with E-state index in [9.17, 15) is 0 Å². The van der Waals surface area contributed by atoms with Crippen molar-refractivity contribution >= 4 is 16.5 Å². The topological polar surface area (TPSA) is 42.1 Å². The Bertz CT molecular complexity index is 507. The van der Waals surface area contributed by atoms with Crippen LogP contribution in [0.1, 0.15) is 23.7 Å². The van der Waals surface area contributed by atoms with Crippen LogP contribution in [0.2, 0.25) is 0 Å². The molecular formula is C14H19N3S. The van der Waals surface area contributed by atoms with Crippen molar-refractivity contribution in [2.24, 2.45) is 5.73 Å². The molecule has 0 saturated carbocycles. The Balaban J connectivity index is 2.20. The van der Waals surface area contributed by atoms with Crippen LogP contribution < -0.4 is 10.6 Å². The molecule has 1 aromatic carbocycles. The fourth-order valence-corrected chi connectivity index (χ4v) is 2.79. The Morgan fingerprint density at radius 3 is 2.56 bits per heavy atom. The Morgan fingerprint density at radius 1 is 1.28 bits per heavy atom. The maximum atomic E-state index is 5.78. The number of thiazole rings is 1. The van der Waals surface area contributed by atoms with Gasteiger partial charge in [-0.05, 0) is 25.0 Å². The number of hydrogen-bond donors (Lipinski definition) is 1. The zero-order valence-corrected chi connectivity index (χ0v) is 11.7. The van der Waals surface area contributed by atoms with E-state index in [1.165, 1.54) is 11.1 Å². The summed E-state index contributed by atoms with van der Waals surface area (Å²) in [5.41, 5.74) is 9.36. The van der Waals surface area contributed by atoms with Gasteiger partial charge in [0.15, 0.2) is 5.13 Å². The van der Waals surface area contributed by atoms with Crippen LogP contribution >= 0.6 is 11.3 Å². The number of hydrogen-bond acceptors (Lipinski definition) is 4. The summed E-state index contributed by atoms with van der Waals surface area (Å²) in [4.78, 5) is 6.83. The van der Waals surface area contributed by atoms with Gasteiger partial charge in [0, 0.05) is 25.0 Å². The molecule has 1 aromatic heterocycles. The van der Waals surface area contributed by atoms with Crippen LogP contribution in [-0.2, 0) is 13.1 Å². The minimum atomic E-state index is 0.588. The largest absolute Gasteiger partial charge is 0.344 e. The van der Waals surface area contributed by atoms with E-state index in [4.69, 9.17) is 5.73 Å². The monoisotopic (exact) mass is 261 g/mol. The van der Waals surface area contributed by atoms with Crippen molar-refractivity contribution in [2.75, 3.05) is 11.4 Å². The zero-order valence-electron chi connectivity index (χ0n) is 10.9. The van der Waals surface area contributed by atoms with Gasteiger partial charge in [-0.15, -0.1) is 11.3 Å². The highest BCUT2D eigenvalue weighted by molar-refractivity contribution is 7.13. The second-order valence-corrected chi connectivity index (χ2v) is 5.10. The van der Waals surface area contributed by atoms with Crippen LogP contribution in [-0.4, -0.2) is 11.5 Å². The zero-order chi connectivity index (χ0) is 13.0. The lowest BCUT2D eigenvalue weighted by Gasteiger charge is -2.21. The average molecular weight is 261 g/mol. The molecule has 0 bridgehead atoms. The molecule has 2 N–H and O–H groups in total. The Labute approximate surface area is 112 Å². The van der Waals surface area contributed by atoms with E-state index in [1.807, 2.05) is 13.0 Å². The highest BCUT2D eigenvalue weighted by atomic mass is 32.1. The number of aryl methyl sites for hydroxylation is 1. The third-order valence-corrected chi connectivity index (χ3v) is 3.98. The first-order valence-corrected chi connectivity index (χ1v) is 7.06. The molecule has 0 aliphatic heterocycles. The summed E-state index contributed by atoms with van der Waals surface area (Å²) in [6, 6.07) is 8.34. The molecule has 0 saturated heterocycles. The molecule has 0 radical (unpaired) electrons. The lowest BCUT2D eigenvalue weighted by molar-refractivity contribution is 0.813. The number of aromatic nitrogens is 1. The summed E-state index contributed by atoms with van der Waals surface area (Å²) in [5.74, 6) is 0. The van der Waals surface area contributed by atoms with Crippen LogP contribution in [0, 0.1) is 6.92 Å². The summed E-state index contributed by atoms with van der Waals surface area (Å²) < 4.78 is 0. The summed E-state index contributed by atoms with van der Waals surface area (Å²) in [6.07, 6.45) is 0. The molecule has 0 unspecified atom stereocenters. The van der Waals surface area contributed by atoms with E-state index in [0.29, 0.717) is 6.54 Å². The molecule has 4 heteroatoms. The van der Waals surface area contributed by atoms with Crippen molar-refractivity contribution in [3.05, 3.63) is 46.5 Å². The lowest BCUT2D eigenvalue weighted by Crippen LogP contribution is -2.23. The third-order valence-electron chi connectivity index (χ3n) is 2.96. The normalized spacial score (nSPS) is 10.6. The average Bonchev–Trinajstić information content (AvgIpc) is 2.83. The molecule has 0 amide bonds. The van der Waals surface area contributed by atoms with E-state index in [1.54, 1.807) is 11.3 Å². The Morgan fingerprint density at radius 2 is 2.00 bits per heavy atom. The van der Waals surface area contributed by atoms with E-state index in [-0.39, 0.29) is 0 Å². The molecule has 0 atom stereocenters. The van der Waals surface area contributed by atoms with Crippen LogP contribution in [0.3, 0.4) is 0 Å². The van der Waals surface area contributed by atoms with Gasteiger partial charge in [0.25, 0.3) is 0 Å². The van der Waals surface area contributed by atoms with Crippen molar-refractivity contribution in [1.29, 1.82) is 0 Å². The minimum absolute atomic E-state index is 0.588. The molecule has 2 aromatic rings.